The number of hydrogen-bond donors (Lipinski definition) is 1. The second-order valence-electron chi connectivity index (χ2n) is 14.1. The van der Waals surface area contributed by atoms with Crippen LogP contribution in [0.2, 0.25) is 0 Å². The first-order valence-corrected chi connectivity index (χ1v) is 15.3. The van der Waals surface area contributed by atoms with E-state index in [1.807, 2.05) is 30.3 Å². The molecule has 0 amide bonds. The highest BCUT2D eigenvalue weighted by Gasteiger charge is 2.61. The van der Waals surface area contributed by atoms with E-state index < -0.39 is 0 Å². The normalized spacial score (nSPS) is 39.8. The van der Waals surface area contributed by atoms with Crippen molar-refractivity contribution in [2.24, 2.45) is 46.3 Å². The summed E-state index contributed by atoms with van der Waals surface area (Å²) in [6.07, 6.45) is 13.7. The van der Waals surface area contributed by atoms with Crippen LogP contribution in [0.25, 0.3) is 0 Å². The van der Waals surface area contributed by atoms with Crippen molar-refractivity contribution < 1.29 is 14.6 Å². The van der Waals surface area contributed by atoms with E-state index in [4.69, 9.17) is 4.74 Å². The minimum atomic E-state index is -0.365. The number of rotatable bonds is 7. The molecular weight excluding hydrogens is 456 g/mol. The number of esters is 1. The molecule has 9 atom stereocenters. The van der Waals surface area contributed by atoms with Crippen molar-refractivity contribution in [3.8, 4) is 0 Å². The fraction of sp³-hybridized carbons (Fsp3) is 0.735. The molecule has 5 rings (SSSR count). The molecule has 1 N–H and O–H groups in total. The van der Waals surface area contributed by atoms with Gasteiger partial charge in [-0.25, -0.2) is 4.79 Å². The summed E-state index contributed by atoms with van der Waals surface area (Å²) >= 11 is 0. The summed E-state index contributed by atoms with van der Waals surface area (Å²) in [5.74, 6) is 3.70. The smallest absolute Gasteiger partial charge is 0.338 e. The quantitative estimate of drug-likeness (QED) is 0.299. The van der Waals surface area contributed by atoms with Gasteiger partial charge in [-0.05, 0) is 97.0 Å². The molecule has 0 heterocycles. The van der Waals surface area contributed by atoms with Crippen LogP contribution in [0.5, 0.6) is 0 Å². The molecular formula is C34H50O3. The molecule has 3 saturated carbocycles. The molecule has 0 spiro atoms. The third kappa shape index (κ3) is 4.95. The van der Waals surface area contributed by atoms with Crippen LogP contribution in [0.4, 0.5) is 0 Å². The topological polar surface area (TPSA) is 46.5 Å². The maximum Gasteiger partial charge on any atom is 0.338 e. The summed E-state index contributed by atoms with van der Waals surface area (Å²) in [6.45, 7) is 12.2. The molecule has 0 unspecified atom stereocenters. The highest BCUT2D eigenvalue weighted by Crippen LogP contribution is 2.67. The average molecular weight is 507 g/mol. The molecule has 1 aromatic rings. The van der Waals surface area contributed by atoms with Crippen LogP contribution in [0, 0.1) is 46.3 Å². The number of benzene rings is 1. The highest BCUT2D eigenvalue weighted by molar-refractivity contribution is 5.89. The van der Waals surface area contributed by atoms with Crippen LogP contribution in [0.15, 0.2) is 42.0 Å². The van der Waals surface area contributed by atoms with Crippen molar-refractivity contribution in [2.45, 2.75) is 111 Å². The van der Waals surface area contributed by atoms with Crippen LogP contribution in [0.1, 0.15) is 109 Å². The highest BCUT2D eigenvalue weighted by atomic mass is 16.5. The standard InChI is InChI=1S/C34H50O3/c1-22(2)10-9-11-23(3)27-14-15-28-31-29(17-19-34(27,28)5)33(4)18-16-26(20-25(33)21-30(31)35)37-32(36)24-12-7-6-8-13-24/h6-8,12-13,21-23,26-31,35H,9-11,14-20H2,1-5H3/t23-,26-,27-,28+,29+,30+,31+,33-,34-/m0/s1. The minimum Gasteiger partial charge on any atom is -0.458 e. The largest absolute Gasteiger partial charge is 0.458 e. The second-order valence-corrected chi connectivity index (χ2v) is 14.1. The minimum absolute atomic E-state index is 0.0906. The van der Waals surface area contributed by atoms with Crippen molar-refractivity contribution in [1.82, 2.24) is 0 Å². The summed E-state index contributed by atoms with van der Waals surface area (Å²) in [5, 5.41) is 11.6. The number of aliphatic hydroxyl groups is 1. The molecule has 0 saturated heterocycles. The SMILES string of the molecule is CC(C)CCC[C@H](C)[C@@H]1CC[C@@H]2[C@H]3[C@H](O)C=C4C[C@@H](OC(=O)c5ccccc5)CC[C@]4(C)[C@@H]3CC[C@]21C. The first kappa shape index (κ1) is 27.0. The van der Waals surface area contributed by atoms with Gasteiger partial charge in [0.1, 0.15) is 6.10 Å². The lowest BCUT2D eigenvalue weighted by Gasteiger charge is -2.59. The van der Waals surface area contributed by atoms with Gasteiger partial charge in [-0.2, -0.15) is 0 Å². The van der Waals surface area contributed by atoms with E-state index in [1.54, 1.807) is 0 Å². The summed E-state index contributed by atoms with van der Waals surface area (Å²) < 4.78 is 5.95. The van der Waals surface area contributed by atoms with Gasteiger partial charge in [-0.1, -0.05) is 83.7 Å². The van der Waals surface area contributed by atoms with Gasteiger partial charge in [0.05, 0.1) is 11.7 Å². The van der Waals surface area contributed by atoms with Gasteiger partial charge in [-0.3, -0.25) is 0 Å². The van der Waals surface area contributed by atoms with Crippen LogP contribution in [-0.4, -0.2) is 23.3 Å². The first-order chi connectivity index (χ1) is 17.6. The molecule has 3 nitrogen and oxygen atoms in total. The molecule has 0 aliphatic heterocycles. The molecule has 1 aromatic carbocycles. The Morgan fingerprint density at radius 1 is 1.00 bits per heavy atom. The van der Waals surface area contributed by atoms with E-state index >= 15 is 0 Å². The number of fused-ring (bicyclic) bond motifs is 5. The Labute approximate surface area is 225 Å². The third-order valence-corrected chi connectivity index (χ3v) is 11.6. The number of hydrogen-bond acceptors (Lipinski definition) is 3. The van der Waals surface area contributed by atoms with E-state index in [2.05, 4.69) is 40.7 Å². The molecule has 204 valence electrons. The number of carbonyl (C=O) groups excluding carboxylic acids is 1. The van der Waals surface area contributed by atoms with Crippen molar-refractivity contribution in [1.29, 1.82) is 0 Å². The summed E-state index contributed by atoms with van der Waals surface area (Å²) in [7, 11) is 0. The van der Waals surface area contributed by atoms with Crippen molar-refractivity contribution in [3.05, 3.63) is 47.5 Å². The van der Waals surface area contributed by atoms with E-state index in [1.165, 1.54) is 50.5 Å². The van der Waals surface area contributed by atoms with E-state index in [9.17, 15) is 9.90 Å². The van der Waals surface area contributed by atoms with Crippen LogP contribution in [0.3, 0.4) is 0 Å². The van der Waals surface area contributed by atoms with Crippen LogP contribution >= 0.6 is 0 Å². The molecule has 4 aliphatic carbocycles. The Bertz CT molecular complexity index is 982. The van der Waals surface area contributed by atoms with Gasteiger partial charge < -0.3 is 9.84 Å². The Balaban J connectivity index is 1.29. The molecule has 3 heteroatoms. The van der Waals surface area contributed by atoms with Gasteiger partial charge in [-0.15, -0.1) is 0 Å². The lowest BCUT2D eigenvalue weighted by molar-refractivity contribution is -0.0978. The van der Waals surface area contributed by atoms with Crippen molar-refractivity contribution in [2.75, 3.05) is 0 Å². The molecule has 0 radical (unpaired) electrons. The predicted molar refractivity (Wildman–Crippen MR) is 150 cm³/mol. The van der Waals surface area contributed by atoms with Gasteiger partial charge >= 0.3 is 5.97 Å². The number of ether oxygens (including phenoxy) is 1. The van der Waals surface area contributed by atoms with E-state index in [0.717, 1.165) is 37.0 Å². The van der Waals surface area contributed by atoms with E-state index in [-0.39, 0.29) is 23.6 Å². The molecule has 3 fully saturated rings. The Morgan fingerprint density at radius 2 is 1.76 bits per heavy atom. The molecule has 4 aliphatic rings. The fourth-order valence-corrected chi connectivity index (χ4v) is 9.53. The second kappa shape index (κ2) is 10.5. The molecule has 0 bridgehead atoms. The average Bonchev–Trinajstić information content (AvgIpc) is 3.22. The Morgan fingerprint density at radius 3 is 2.49 bits per heavy atom. The predicted octanol–water partition coefficient (Wildman–Crippen LogP) is 8.22. The fourth-order valence-electron chi connectivity index (χ4n) is 9.53. The zero-order valence-electron chi connectivity index (χ0n) is 23.9. The van der Waals surface area contributed by atoms with E-state index in [0.29, 0.717) is 28.7 Å². The van der Waals surface area contributed by atoms with Crippen LogP contribution < -0.4 is 0 Å². The maximum atomic E-state index is 12.7. The van der Waals surface area contributed by atoms with Gasteiger partial charge in [0.15, 0.2) is 0 Å². The number of carbonyl (C=O) groups is 1. The summed E-state index contributed by atoms with van der Waals surface area (Å²) in [5.41, 5.74) is 2.46. The van der Waals surface area contributed by atoms with Gasteiger partial charge in [0, 0.05) is 6.42 Å². The first-order valence-electron chi connectivity index (χ1n) is 15.3. The van der Waals surface area contributed by atoms with Gasteiger partial charge in [0.2, 0.25) is 0 Å². The zero-order valence-corrected chi connectivity index (χ0v) is 23.9. The van der Waals surface area contributed by atoms with Crippen LogP contribution in [-0.2, 0) is 4.74 Å². The lowest BCUT2D eigenvalue weighted by Crippen LogP contribution is -2.55. The monoisotopic (exact) mass is 506 g/mol. The van der Waals surface area contributed by atoms with Crippen molar-refractivity contribution in [3.63, 3.8) is 0 Å². The Hall–Kier alpha value is -1.61. The molecule has 0 aromatic heterocycles. The lowest BCUT2D eigenvalue weighted by atomic mass is 9.46. The zero-order chi connectivity index (χ0) is 26.4. The number of aliphatic hydroxyl groups excluding tert-OH is 1. The summed E-state index contributed by atoms with van der Waals surface area (Å²) in [4.78, 5) is 12.7. The maximum absolute atomic E-state index is 12.7. The molecule has 37 heavy (non-hydrogen) atoms. The summed E-state index contributed by atoms with van der Waals surface area (Å²) in [6, 6.07) is 9.32. The van der Waals surface area contributed by atoms with Crippen molar-refractivity contribution >= 4 is 5.97 Å². The Kier molecular flexibility index (Phi) is 7.66. The van der Waals surface area contributed by atoms with Gasteiger partial charge in [0.25, 0.3) is 0 Å². The third-order valence-electron chi connectivity index (χ3n) is 11.6.